The number of rotatable bonds is 2. The van der Waals surface area contributed by atoms with E-state index in [1.165, 1.54) is 18.2 Å². The molecule has 0 spiro atoms. The number of anilines is 1. The second-order valence-electron chi connectivity index (χ2n) is 4.21. The molecule has 1 fully saturated rings. The van der Waals surface area contributed by atoms with Crippen molar-refractivity contribution in [2.24, 2.45) is 0 Å². The largest absolute Gasteiger partial charge is 0.573 e. The van der Waals surface area contributed by atoms with Gasteiger partial charge in [-0.25, -0.2) is 0 Å². The lowest BCUT2D eigenvalue weighted by molar-refractivity contribution is -0.274. The Morgan fingerprint density at radius 2 is 1.78 bits per heavy atom. The zero-order valence-corrected chi connectivity index (χ0v) is 10.4. The van der Waals surface area contributed by atoms with Crippen molar-refractivity contribution >= 4 is 17.3 Å². The van der Waals surface area contributed by atoms with Crippen LogP contribution in [0.2, 0.25) is 5.02 Å². The average Bonchev–Trinajstić information content (AvgIpc) is 2.31. The van der Waals surface area contributed by atoms with Gasteiger partial charge in [0.15, 0.2) is 0 Å². The highest BCUT2D eigenvalue weighted by molar-refractivity contribution is 6.33. The maximum absolute atomic E-state index is 12.1. The first-order chi connectivity index (χ1) is 8.46. The third-order valence-corrected chi connectivity index (χ3v) is 3.17. The average molecular weight is 280 g/mol. The standard InChI is InChI=1S/C12H13ClF3NO/c13-10-5-4-9(18-12(14,15)16)8-11(10)17-6-2-1-3-7-17/h4-5,8H,1-3,6-7H2. The molecule has 6 heteroatoms. The number of benzene rings is 1. The van der Waals surface area contributed by atoms with E-state index in [4.69, 9.17) is 11.6 Å². The highest BCUT2D eigenvalue weighted by atomic mass is 35.5. The summed E-state index contributed by atoms with van der Waals surface area (Å²) in [4.78, 5) is 2.00. The van der Waals surface area contributed by atoms with Gasteiger partial charge in [-0.05, 0) is 31.4 Å². The highest BCUT2D eigenvalue weighted by Crippen LogP contribution is 2.33. The fraction of sp³-hybridized carbons (Fsp3) is 0.500. The molecule has 0 aromatic heterocycles. The van der Waals surface area contributed by atoms with Crippen LogP contribution in [0.15, 0.2) is 18.2 Å². The van der Waals surface area contributed by atoms with Crippen LogP contribution in [0.25, 0.3) is 0 Å². The minimum absolute atomic E-state index is 0.229. The number of ether oxygens (including phenoxy) is 1. The Hall–Kier alpha value is -1.10. The quantitative estimate of drug-likeness (QED) is 0.803. The normalized spacial score (nSPS) is 16.8. The minimum atomic E-state index is -4.67. The van der Waals surface area contributed by atoms with Gasteiger partial charge in [-0.1, -0.05) is 11.6 Å². The molecule has 2 rings (SSSR count). The summed E-state index contributed by atoms with van der Waals surface area (Å²) in [6.45, 7) is 1.63. The summed E-state index contributed by atoms with van der Waals surface area (Å²) < 4.78 is 40.3. The van der Waals surface area contributed by atoms with Gasteiger partial charge in [0.25, 0.3) is 0 Å². The highest BCUT2D eigenvalue weighted by Gasteiger charge is 2.31. The number of hydrogen-bond acceptors (Lipinski definition) is 2. The molecule has 1 aliphatic heterocycles. The maximum Gasteiger partial charge on any atom is 0.573 e. The second kappa shape index (κ2) is 5.26. The first-order valence-electron chi connectivity index (χ1n) is 5.76. The molecule has 18 heavy (non-hydrogen) atoms. The van der Waals surface area contributed by atoms with Crippen molar-refractivity contribution in [3.63, 3.8) is 0 Å². The number of halogens is 4. The molecule has 1 aromatic rings. The zero-order valence-electron chi connectivity index (χ0n) is 9.63. The molecular weight excluding hydrogens is 267 g/mol. The van der Waals surface area contributed by atoms with Gasteiger partial charge >= 0.3 is 6.36 Å². The molecule has 0 amide bonds. The third-order valence-electron chi connectivity index (χ3n) is 2.85. The molecule has 0 unspecified atom stereocenters. The van der Waals surface area contributed by atoms with Crippen LogP contribution in [0.4, 0.5) is 18.9 Å². The summed E-state index contributed by atoms with van der Waals surface area (Å²) in [6.07, 6.45) is -1.47. The van der Waals surface area contributed by atoms with Crippen LogP contribution in [0.3, 0.4) is 0 Å². The van der Waals surface area contributed by atoms with E-state index in [1.54, 1.807) is 0 Å². The van der Waals surface area contributed by atoms with E-state index in [0.717, 1.165) is 32.4 Å². The molecule has 1 aliphatic rings. The molecule has 1 heterocycles. The SMILES string of the molecule is FC(F)(F)Oc1ccc(Cl)c(N2CCCCC2)c1. The van der Waals surface area contributed by atoms with Crippen molar-refractivity contribution in [1.29, 1.82) is 0 Å². The van der Waals surface area contributed by atoms with Crippen molar-refractivity contribution in [3.05, 3.63) is 23.2 Å². The summed E-state index contributed by atoms with van der Waals surface area (Å²) in [5, 5.41) is 0.450. The molecule has 2 nitrogen and oxygen atoms in total. The summed E-state index contributed by atoms with van der Waals surface area (Å²) in [5.74, 6) is -0.229. The van der Waals surface area contributed by atoms with E-state index < -0.39 is 6.36 Å². The van der Waals surface area contributed by atoms with Gasteiger partial charge in [-0.3, -0.25) is 0 Å². The number of nitrogens with zero attached hydrogens (tertiary/aromatic N) is 1. The molecular formula is C12H13ClF3NO. The lowest BCUT2D eigenvalue weighted by Gasteiger charge is -2.29. The van der Waals surface area contributed by atoms with E-state index >= 15 is 0 Å². The van der Waals surface area contributed by atoms with Gasteiger partial charge in [-0.2, -0.15) is 0 Å². The van der Waals surface area contributed by atoms with E-state index in [0.29, 0.717) is 10.7 Å². The van der Waals surface area contributed by atoms with E-state index in [-0.39, 0.29) is 5.75 Å². The fourth-order valence-corrected chi connectivity index (χ4v) is 2.30. The molecule has 0 radical (unpaired) electrons. The van der Waals surface area contributed by atoms with Gasteiger partial charge in [0.1, 0.15) is 5.75 Å². The van der Waals surface area contributed by atoms with Gasteiger partial charge in [0.05, 0.1) is 10.7 Å². The summed E-state index contributed by atoms with van der Waals surface area (Å²) >= 11 is 6.02. The molecule has 0 aliphatic carbocycles. The molecule has 0 bridgehead atoms. The van der Waals surface area contributed by atoms with Crippen LogP contribution in [0.1, 0.15) is 19.3 Å². The molecule has 100 valence electrons. The van der Waals surface area contributed by atoms with Crippen molar-refractivity contribution in [1.82, 2.24) is 0 Å². The lowest BCUT2D eigenvalue weighted by atomic mass is 10.1. The summed E-state index contributed by atoms with van der Waals surface area (Å²) in [7, 11) is 0. The van der Waals surface area contributed by atoms with Crippen LogP contribution in [-0.4, -0.2) is 19.5 Å². The van der Waals surface area contributed by atoms with Crippen LogP contribution < -0.4 is 9.64 Å². The monoisotopic (exact) mass is 279 g/mol. The van der Waals surface area contributed by atoms with Crippen molar-refractivity contribution in [3.8, 4) is 5.75 Å². The van der Waals surface area contributed by atoms with Crippen LogP contribution in [0.5, 0.6) is 5.75 Å². The van der Waals surface area contributed by atoms with Gasteiger partial charge in [0.2, 0.25) is 0 Å². The Morgan fingerprint density at radius 1 is 1.11 bits per heavy atom. The number of piperidine rings is 1. The molecule has 0 N–H and O–H groups in total. The van der Waals surface area contributed by atoms with Crippen LogP contribution in [0, 0.1) is 0 Å². The van der Waals surface area contributed by atoms with E-state index in [2.05, 4.69) is 4.74 Å². The smallest absolute Gasteiger partial charge is 0.406 e. The molecule has 1 saturated heterocycles. The summed E-state index contributed by atoms with van der Waals surface area (Å²) in [5.41, 5.74) is 0.609. The Balaban J connectivity index is 2.20. The Morgan fingerprint density at radius 3 is 2.39 bits per heavy atom. The molecule has 1 aromatic carbocycles. The van der Waals surface area contributed by atoms with E-state index in [1.807, 2.05) is 4.90 Å². The Kier molecular flexibility index (Phi) is 3.90. The topological polar surface area (TPSA) is 12.5 Å². The third kappa shape index (κ3) is 3.45. The minimum Gasteiger partial charge on any atom is -0.406 e. The first-order valence-corrected chi connectivity index (χ1v) is 6.14. The van der Waals surface area contributed by atoms with Gasteiger partial charge in [-0.15, -0.1) is 13.2 Å². The molecule has 0 saturated carbocycles. The predicted molar refractivity (Wildman–Crippen MR) is 64.2 cm³/mol. The summed E-state index contributed by atoms with van der Waals surface area (Å²) in [6, 6.07) is 4.01. The van der Waals surface area contributed by atoms with Gasteiger partial charge in [0, 0.05) is 19.2 Å². The van der Waals surface area contributed by atoms with Crippen molar-refractivity contribution < 1.29 is 17.9 Å². The van der Waals surface area contributed by atoms with Crippen LogP contribution in [-0.2, 0) is 0 Å². The predicted octanol–water partition coefficient (Wildman–Crippen LogP) is 4.23. The lowest BCUT2D eigenvalue weighted by Crippen LogP contribution is -2.29. The Labute approximate surface area is 108 Å². The zero-order chi connectivity index (χ0) is 13.2. The van der Waals surface area contributed by atoms with Crippen LogP contribution >= 0.6 is 11.6 Å². The second-order valence-corrected chi connectivity index (χ2v) is 4.62. The number of hydrogen-bond donors (Lipinski definition) is 0. The van der Waals surface area contributed by atoms with Gasteiger partial charge < -0.3 is 9.64 Å². The van der Waals surface area contributed by atoms with Crippen molar-refractivity contribution in [2.75, 3.05) is 18.0 Å². The van der Waals surface area contributed by atoms with Crippen molar-refractivity contribution in [2.45, 2.75) is 25.6 Å². The Bertz CT molecular complexity index is 416. The maximum atomic E-state index is 12.1. The first kappa shape index (κ1) is 13.3. The fourth-order valence-electron chi connectivity index (χ4n) is 2.07. The number of alkyl halides is 3. The molecule has 0 atom stereocenters. The van der Waals surface area contributed by atoms with E-state index in [9.17, 15) is 13.2 Å².